The summed E-state index contributed by atoms with van der Waals surface area (Å²) in [5.74, 6) is 1.20. The van der Waals surface area contributed by atoms with Gasteiger partial charge in [-0.3, -0.25) is 4.79 Å². The monoisotopic (exact) mass is 370 g/mol. The Morgan fingerprint density at radius 1 is 1.12 bits per heavy atom. The molecular formula is C20H19FN2O2S. The van der Waals surface area contributed by atoms with E-state index >= 15 is 0 Å². The third-order valence-electron chi connectivity index (χ3n) is 3.69. The molecule has 4 nitrogen and oxygen atoms in total. The number of aryl methyl sites for hydroxylation is 1. The van der Waals surface area contributed by atoms with E-state index in [1.54, 1.807) is 30.0 Å². The van der Waals surface area contributed by atoms with Crippen LogP contribution in [0.25, 0.3) is 11.3 Å². The Hall–Kier alpha value is -2.60. The number of benzene rings is 2. The highest BCUT2D eigenvalue weighted by molar-refractivity contribution is 7.99. The van der Waals surface area contributed by atoms with Gasteiger partial charge in [-0.05, 0) is 24.3 Å². The Morgan fingerprint density at radius 2 is 1.88 bits per heavy atom. The predicted octanol–water partition coefficient (Wildman–Crippen LogP) is 4.32. The molecule has 0 aliphatic heterocycles. The van der Waals surface area contributed by atoms with Crippen molar-refractivity contribution in [2.75, 3.05) is 12.3 Å². The molecule has 1 amide bonds. The van der Waals surface area contributed by atoms with Crippen LogP contribution in [0.15, 0.2) is 70.1 Å². The molecule has 0 aliphatic carbocycles. The third kappa shape index (κ3) is 5.20. The lowest BCUT2D eigenvalue weighted by atomic mass is 10.2. The lowest BCUT2D eigenvalue weighted by Crippen LogP contribution is -2.25. The van der Waals surface area contributed by atoms with Crippen LogP contribution in [0.1, 0.15) is 12.3 Å². The first kappa shape index (κ1) is 18.2. The highest BCUT2D eigenvalue weighted by atomic mass is 32.2. The van der Waals surface area contributed by atoms with E-state index in [2.05, 4.69) is 10.3 Å². The first-order valence-electron chi connectivity index (χ1n) is 8.36. The molecule has 0 atom stereocenters. The van der Waals surface area contributed by atoms with E-state index in [1.807, 2.05) is 30.3 Å². The van der Waals surface area contributed by atoms with Gasteiger partial charge >= 0.3 is 0 Å². The average Bonchev–Trinajstić information content (AvgIpc) is 3.13. The number of carbonyl (C=O) groups is 1. The Kier molecular flexibility index (Phi) is 6.44. The van der Waals surface area contributed by atoms with Gasteiger partial charge in [0.15, 0.2) is 11.7 Å². The van der Waals surface area contributed by atoms with Gasteiger partial charge in [0.25, 0.3) is 0 Å². The van der Waals surface area contributed by atoms with Gasteiger partial charge in [-0.2, -0.15) is 0 Å². The van der Waals surface area contributed by atoms with Gasteiger partial charge in [0, 0.05) is 30.0 Å². The van der Waals surface area contributed by atoms with Crippen molar-refractivity contribution in [2.24, 2.45) is 0 Å². The van der Waals surface area contributed by atoms with Gasteiger partial charge in [-0.15, -0.1) is 11.8 Å². The summed E-state index contributed by atoms with van der Waals surface area (Å²) in [7, 11) is 0. The van der Waals surface area contributed by atoms with Gasteiger partial charge in [0.1, 0.15) is 5.82 Å². The fraction of sp³-hybridized carbons (Fsp3) is 0.200. The van der Waals surface area contributed by atoms with Crippen LogP contribution in [-0.2, 0) is 11.2 Å². The van der Waals surface area contributed by atoms with Crippen LogP contribution < -0.4 is 5.32 Å². The maximum Gasteiger partial charge on any atom is 0.220 e. The van der Waals surface area contributed by atoms with Crippen molar-refractivity contribution >= 4 is 17.7 Å². The summed E-state index contributed by atoms with van der Waals surface area (Å²) >= 11 is 1.70. The molecule has 0 saturated carbocycles. The molecule has 0 unspecified atom stereocenters. The number of carbonyl (C=O) groups excluding carboxylic acids is 1. The maximum atomic E-state index is 13.7. The molecule has 1 N–H and O–H groups in total. The number of thioether (sulfide) groups is 1. The van der Waals surface area contributed by atoms with Crippen molar-refractivity contribution in [1.82, 2.24) is 10.3 Å². The molecule has 0 fully saturated rings. The Bertz CT molecular complexity index is 852. The number of aromatic nitrogens is 1. The standard InChI is InChI=1S/C20H19FN2O2S/c21-17-9-5-4-8-16(17)18-14-23-20(25-18)11-10-19(24)22-12-13-26-15-6-2-1-3-7-15/h1-9,14H,10-13H2,(H,22,24). The molecule has 2 aromatic carbocycles. The second-order valence-electron chi connectivity index (χ2n) is 5.61. The summed E-state index contributed by atoms with van der Waals surface area (Å²) in [4.78, 5) is 17.2. The molecule has 1 heterocycles. The van der Waals surface area contributed by atoms with Gasteiger partial charge in [0.2, 0.25) is 5.91 Å². The molecule has 26 heavy (non-hydrogen) atoms. The molecule has 0 spiro atoms. The lowest BCUT2D eigenvalue weighted by molar-refractivity contribution is -0.121. The molecule has 0 radical (unpaired) electrons. The zero-order valence-corrected chi connectivity index (χ0v) is 15.0. The molecule has 0 bridgehead atoms. The van der Waals surface area contributed by atoms with Crippen LogP contribution >= 0.6 is 11.8 Å². The number of hydrogen-bond acceptors (Lipinski definition) is 4. The van der Waals surface area contributed by atoms with Crippen LogP contribution in [0.5, 0.6) is 0 Å². The summed E-state index contributed by atoms with van der Waals surface area (Å²) in [6.07, 6.45) is 2.15. The number of oxazole rings is 1. The number of nitrogens with one attached hydrogen (secondary N) is 1. The first-order valence-corrected chi connectivity index (χ1v) is 9.35. The van der Waals surface area contributed by atoms with E-state index in [4.69, 9.17) is 4.42 Å². The normalized spacial score (nSPS) is 10.7. The molecule has 3 aromatic rings. The smallest absolute Gasteiger partial charge is 0.220 e. The molecule has 1 aromatic heterocycles. The quantitative estimate of drug-likeness (QED) is 0.474. The SMILES string of the molecule is O=C(CCc1ncc(-c2ccccc2F)o1)NCCSc1ccccc1. The Balaban J connectivity index is 1.40. The van der Waals surface area contributed by atoms with E-state index in [9.17, 15) is 9.18 Å². The van der Waals surface area contributed by atoms with Crippen LogP contribution in [0, 0.1) is 5.82 Å². The molecule has 3 rings (SSSR count). The van der Waals surface area contributed by atoms with Crippen molar-refractivity contribution in [3.63, 3.8) is 0 Å². The third-order valence-corrected chi connectivity index (χ3v) is 4.71. The first-order chi connectivity index (χ1) is 12.7. The van der Waals surface area contributed by atoms with Crippen LogP contribution in [0.2, 0.25) is 0 Å². The number of nitrogens with zero attached hydrogens (tertiary/aromatic N) is 1. The summed E-state index contributed by atoms with van der Waals surface area (Å²) in [6, 6.07) is 16.4. The molecule has 0 aliphatic rings. The summed E-state index contributed by atoms with van der Waals surface area (Å²) in [5.41, 5.74) is 0.369. The van der Waals surface area contributed by atoms with E-state index in [0.717, 1.165) is 5.75 Å². The van der Waals surface area contributed by atoms with Crippen molar-refractivity contribution in [3.8, 4) is 11.3 Å². The van der Waals surface area contributed by atoms with Crippen LogP contribution in [0.3, 0.4) is 0 Å². The van der Waals surface area contributed by atoms with E-state index in [0.29, 0.717) is 30.2 Å². The zero-order valence-electron chi connectivity index (χ0n) is 14.2. The molecule has 134 valence electrons. The molecule has 0 saturated heterocycles. The van der Waals surface area contributed by atoms with Gasteiger partial charge in [0.05, 0.1) is 11.8 Å². The highest BCUT2D eigenvalue weighted by Crippen LogP contribution is 2.23. The Morgan fingerprint density at radius 3 is 2.69 bits per heavy atom. The minimum atomic E-state index is -0.358. The summed E-state index contributed by atoms with van der Waals surface area (Å²) in [5, 5.41) is 2.88. The predicted molar refractivity (Wildman–Crippen MR) is 100 cm³/mol. The van der Waals surface area contributed by atoms with E-state index < -0.39 is 0 Å². The van der Waals surface area contributed by atoms with Gasteiger partial charge < -0.3 is 9.73 Å². The minimum Gasteiger partial charge on any atom is -0.441 e. The van der Waals surface area contributed by atoms with Crippen LogP contribution in [0.4, 0.5) is 4.39 Å². The van der Waals surface area contributed by atoms with Crippen molar-refractivity contribution in [2.45, 2.75) is 17.7 Å². The highest BCUT2D eigenvalue weighted by Gasteiger charge is 2.11. The summed E-state index contributed by atoms with van der Waals surface area (Å²) in [6.45, 7) is 0.602. The maximum absolute atomic E-state index is 13.7. The molecular weight excluding hydrogens is 351 g/mol. The van der Waals surface area contributed by atoms with Crippen LogP contribution in [-0.4, -0.2) is 23.2 Å². The second-order valence-corrected chi connectivity index (χ2v) is 6.78. The average molecular weight is 370 g/mol. The van der Waals surface area contributed by atoms with Crippen molar-refractivity contribution in [3.05, 3.63) is 72.5 Å². The topological polar surface area (TPSA) is 55.1 Å². The lowest BCUT2D eigenvalue weighted by Gasteiger charge is -2.04. The minimum absolute atomic E-state index is 0.0516. The fourth-order valence-electron chi connectivity index (χ4n) is 2.40. The van der Waals surface area contributed by atoms with Gasteiger partial charge in [-0.1, -0.05) is 30.3 Å². The van der Waals surface area contributed by atoms with Crippen molar-refractivity contribution in [1.29, 1.82) is 0 Å². The number of halogens is 1. The fourth-order valence-corrected chi connectivity index (χ4v) is 3.19. The second kappa shape index (κ2) is 9.20. The Labute approximate surface area is 155 Å². The number of hydrogen-bond donors (Lipinski definition) is 1. The summed E-state index contributed by atoms with van der Waals surface area (Å²) < 4.78 is 19.3. The number of amides is 1. The zero-order chi connectivity index (χ0) is 18.2. The van der Waals surface area contributed by atoms with Crippen molar-refractivity contribution < 1.29 is 13.6 Å². The largest absolute Gasteiger partial charge is 0.441 e. The van der Waals surface area contributed by atoms with E-state index in [1.165, 1.54) is 17.2 Å². The van der Waals surface area contributed by atoms with Gasteiger partial charge in [-0.25, -0.2) is 9.37 Å². The molecule has 6 heteroatoms. The van der Waals surface area contributed by atoms with E-state index in [-0.39, 0.29) is 18.1 Å². The number of rotatable bonds is 8.